The molecule has 1 heterocycles. The molecule has 8 heteroatoms. The molecule has 6 nitrogen and oxygen atoms in total. The second-order valence-corrected chi connectivity index (χ2v) is 8.69. The topological polar surface area (TPSA) is 73.3 Å². The highest BCUT2D eigenvalue weighted by molar-refractivity contribution is 7.98. The van der Waals surface area contributed by atoms with Crippen LogP contribution in [0.3, 0.4) is 0 Å². The summed E-state index contributed by atoms with van der Waals surface area (Å²) in [5, 5.41) is 12.3. The van der Waals surface area contributed by atoms with Crippen LogP contribution in [-0.2, 0) is 10.5 Å². The van der Waals surface area contributed by atoms with Crippen LogP contribution in [0, 0.1) is 0 Å². The van der Waals surface area contributed by atoms with E-state index in [0.717, 1.165) is 27.0 Å². The summed E-state index contributed by atoms with van der Waals surface area (Å²) in [5.74, 6) is 1.88. The van der Waals surface area contributed by atoms with Crippen molar-refractivity contribution in [1.29, 1.82) is 0 Å². The first-order chi connectivity index (χ1) is 15.7. The van der Waals surface area contributed by atoms with E-state index in [1.165, 1.54) is 16.9 Å². The maximum Gasteiger partial charge on any atom is 0.264 e. The molecule has 0 aliphatic heterocycles. The molecule has 0 saturated carbocycles. The Labute approximate surface area is 194 Å². The zero-order chi connectivity index (χ0) is 22.2. The van der Waals surface area contributed by atoms with Gasteiger partial charge in [-0.25, -0.2) is 0 Å². The maximum atomic E-state index is 12.3. The van der Waals surface area contributed by atoms with Gasteiger partial charge in [0.05, 0.1) is 7.11 Å². The van der Waals surface area contributed by atoms with Crippen molar-refractivity contribution in [3.63, 3.8) is 0 Å². The van der Waals surface area contributed by atoms with Crippen LogP contribution in [0.5, 0.6) is 11.5 Å². The number of carbonyl (C=O) groups is 1. The van der Waals surface area contributed by atoms with Crippen molar-refractivity contribution in [2.45, 2.75) is 10.6 Å². The zero-order valence-corrected chi connectivity index (χ0v) is 19.0. The average Bonchev–Trinajstić information content (AvgIpc) is 3.31. The number of nitrogens with one attached hydrogen (secondary N) is 1. The number of aromatic nitrogens is 2. The van der Waals surface area contributed by atoms with E-state index in [4.69, 9.17) is 9.47 Å². The van der Waals surface area contributed by atoms with Crippen molar-refractivity contribution in [3.05, 3.63) is 84.4 Å². The van der Waals surface area contributed by atoms with Crippen LogP contribution in [-0.4, -0.2) is 29.8 Å². The highest BCUT2D eigenvalue weighted by atomic mass is 32.2. The number of thioether (sulfide) groups is 1. The number of rotatable bonds is 9. The third-order valence-corrected chi connectivity index (χ3v) is 6.47. The minimum absolute atomic E-state index is 0.120. The molecule has 0 fully saturated rings. The maximum absolute atomic E-state index is 12.3. The van der Waals surface area contributed by atoms with E-state index in [0.29, 0.717) is 10.9 Å². The quantitative estimate of drug-likeness (QED) is 0.329. The fraction of sp³-hybridized carbons (Fsp3) is 0.125. The molecule has 0 bridgehead atoms. The first-order valence-corrected chi connectivity index (χ1v) is 11.7. The Morgan fingerprint density at radius 3 is 2.44 bits per heavy atom. The molecule has 0 saturated heterocycles. The standard InChI is InChI=1S/C24H21N3O3S2/c1-29-18-11-13-19(14-12-18)30-15-22(28)25-24-27-26-23(32-24)20-9-5-6-10-21(20)31-16-17-7-3-2-4-8-17/h2-14H,15-16H2,1H3,(H,25,27,28). The average molecular weight is 464 g/mol. The molecule has 0 aliphatic rings. The molecule has 0 unspecified atom stereocenters. The second-order valence-electron chi connectivity index (χ2n) is 6.70. The van der Waals surface area contributed by atoms with Gasteiger partial charge in [0.1, 0.15) is 11.5 Å². The fourth-order valence-corrected chi connectivity index (χ4v) is 4.74. The van der Waals surface area contributed by atoms with Gasteiger partial charge in [-0.15, -0.1) is 22.0 Å². The number of nitrogens with zero attached hydrogens (tertiary/aromatic N) is 2. The highest BCUT2D eigenvalue weighted by Crippen LogP contribution is 2.35. The Morgan fingerprint density at radius 1 is 0.938 bits per heavy atom. The smallest absolute Gasteiger partial charge is 0.264 e. The van der Waals surface area contributed by atoms with Gasteiger partial charge in [-0.05, 0) is 35.9 Å². The summed E-state index contributed by atoms with van der Waals surface area (Å²) >= 11 is 3.09. The molecular weight excluding hydrogens is 442 g/mol. The van der Waals surface area contributed by atoms with Crippen LogP contribution in [0.1, 0.15) is 5.56 Å². The van der Waals surface area contributed by atoms with E-state index in [1.807, 2.05) is 36.4 Å². The van der Waals surface area contributed by atoms with Gasteiger partial charge < -0.3 is 9.47 Å². The van der Waals surface area contributed by atoms with Crippen molar-refractivity contribution < 1.29 is 14.3 Å². The number of amides is 1. The summed E-state index contributed by atoms with van der Waals surface area (Å²) < 4.78 is 10.6. The monoisotopic (exact) mass is 463 g/mol. The Balaban J connectivity index is 1.36. The minimum Gasteiger partial charge on any atom is -0.497 e. The summed E-state index contributed by atoms with van der Waals surface area (Å²) in [6.45, 7) is -0.120. The number of ether oxygens (including phenoxy) is 2. The number of methoxy groups -OCH3 is 1. The molecular formula is C24H21N3O3S2. The first-order valence-electron chi connectivity index (χ1n) is 9.87. The Kier molecular flexibility index (Phi) is 7.37. The van der Waals surface area contributed by atoms with Crippen molar-refractivity contribution in [2.75, 3.05) is 19.0 Å². The molecule has 1 N–H and O–H groups in total. The van der Waals surface area contributed by atoms with E-state index in [9.17, 15) is 4.79 Å². The summed E-state index contributed by atoms with van der Waals surface area (Å²) in [5.41, 5.74) is 2.26. The van der Waals surface area contributed by atoms with Crippen LogP contribution < -0.4 is 14.8 Å². The van der Waals surface area contributed by atoms with E-state index in [-0.39, 0.29) is 12.5 Å². The van der Waals surface area contributed by atoms with Crippen molar-refractivity contribution in [1.82, 2.24) is 10.2 Å². The lowest BCUT2D eigenvalue weighted by Crippen LogP contribution is -2.20. The SMILES string of the molecule is COc1ccc(OCC(=O)Nc2nnc(-c3ccccc3SCc3ccccc3)s2)cc1. The van der Waals surface area contributed by atoms with E-state index in [2.05, 4.69) is 33.7 Å². The van der Waals surface area contributed by atoms with Gasteiger partial charge in [-0.2, -0.15) is 0 Å². The third kappa shape index (κ3) is 5.87. The van der Waals surface area contributed by atoms with Gasteiger partial charge in [-0.3, -0.25) is 10.1 Å². The molecule has 0 spiro atoms. The van der Waals surface area contributed by atoms with E-state index < -0.39 is 0 Å². The molecule has 0 radical (unpaired) electrons. The summed E-state index contributed by atoms with van der Waals surface area (Å²) in [4.78, 5) is 13.4. The van der Waals surface area contributed by atoms with Crippen molar-refractivity contribution >= 4 is 34.1 Å². The number of benzene rings is 3. The lowest BCUT2D eigenvalue weighted by Gasteiger charge is -2.07. The van der Waals surface area contributed by atoms with Gasteiger partial charge >= 0.3 is 0 Å². The Morgan fingerprint density at radius 2 is 1.66 bits per heavy atom. The lowest BCUT2D eigenvalue weighted by molar-refractivity contribution is -0.118. The summed E-state index contributed by atoms with van der Waals surface area (Å²) in [6.07, 6.45) is 0. The zero-order valence-electron chi connectivity index (χ0n) is 17.4. The van der Waals surface area contributed by atoms with Crippen molar-refractivity contribution in [3.8, 4) is 22.1 Å². The number of hydrogen-bond donors (Lipinski definition) is 1. The van der Waals surface area contributed by atoms with E-state index in [1.54, 1.807) is 43.1 Å². The van der Waals surface area contributed by atoms with Crippen LogP contribution in [0.2, 0.25) is 0 Å². The first kappa shape index (κ1) is 21.9. The highest BCUT2D eigenvalue weighted by Gasteiger charge is 2.13. The lowest BCUT2D eigenvalue weighted by atomic mass is 10.2. The molecule has 1 amide bonds. The summed E-state index contributed by atoms with van der Waals surface area (Å²) in [7, 11) is 1.60. The molecule has 0 atom stereocenters. The Bertz CT molecular complexity index is 1160. The van der Waals surface area contributed by atoms with Crippen molar-refractivity contribution in [2.24, 2.45) is 0 Å². The number of carbonyl (C=O) groups excluding carboxylic acids is 1. The van der Waals surface area contributed by atoms with Crippen LogP contribution in [0.4, 0.5) is 5.13 Å². The third-order valence-electron chi connectivity index (χ3n) is 4.46. The van der Waals surface area contributed by atoms with Gasteiger partial charge in [0, 0.05) is 16.2 Å². The van der Waals surface area contributed by atoms with Gasteiger partial charge in [-0.1, -0.05) is 59.9 Å². The van der Waals surface area contributed by atoms with Gasteiger partial charge in [0.15, 0.2) is 11.6 Å². The predicted octanol–water partition coefficient (Wildman–Crippen LogP) is 5.52. The molecule has 4 aromatic rings. The molecule has 32 heavy (non-hydrogen) atoms. The number of hydrogen-bond acceptors (Lipinski definition) is 7. The second kappa shape index (κ2) is 10.8. The van der Waals surface area contributed by atoms with Crippen LogP contribution in [0.15, 0.2) is 83.8 Å². The molecule has 3 aromatic carbocycles. The van der Waals surface area contributed by atoms with Crippen LogP contribution in [0.25, 0.3) is 10.6 Å². The van der Waals surface area contributed by atoms with Gasteiger partial charge in [0.2, 0.25) is 5.13 Å². The molecule has 1 aromatic heterocycles. The molecule has 0 aliphatic carbocycles. The number of anilines is 1. The molecule has 4 rings (SSSR count). The predicted molar refractivity (Wildman–Crippen MR) is 128 cm³/mol. The van der Waals surface area contributed by atoms with E-state index >= 15 is 0 Å². The minimum atomic E-state index is -0.296. The normalized spacial score (nSPS) is 10.5. The Hall–Kier alpha value is -3.36. The largest absolute Gasteiger partial charge is 0.497 e. The fourth-order valence-electron chi connectivity index (χ4n) is 2.86. The summed E-state index contributed by atoms with van der Waals surface area (Å²) in [6, 6.07) is 25.5. The van der Waals surface area contributed by atoms with Gasteiger partial charge in [0.25, 0.3) is 5.91 Å². The van der Waals surface area contributed by atoms with Crippen LogP contribution >= 0.6 is 23.1 Å². The molecule has 162 valence electrons.